The molecule has 1 aliphatic rings. The molecule has 0 saturated carbocycles. The molecule has 0 aliphatic carbocycles. The standard InChI is InChI=1S/C6H6N2O2Se2.CH4.FHS/c9-3-7-5-1-11-2-6(12-5)8-4-10;;1-2/h5-6H,1-2H2;1H4;2H. The second kappa shape index (κ2) is 12.1. The van der Waals surface area contributed by atoms with Gasteiger partial charge >= 0.3 is 82.2 Å². The van der Waals surface area contributed by atoms with E-state index in [0.717, 1.165) is 10.6 Å². The second-order valence-corrected chi connectivity index (χ2v) is 7.13. The third-order valence-corrected chi connectivity index (χ3v) is 8.14. The number of thiol groups is 1. The van der Waals surface area contributed by atoms with Crippen LogP contribution in [0, 0.1) is 0 Å². The van der Waals surface area contributed by atoms with Crippen molar-refractivity contribution in [2.75, 3.05) is 0 Å². The Kier molecular flexibility index (Phi) is 14.2. The molecule has 0 aromatic heterocycles. The van der Waals surface area contributed by atoms with Crippen LogP contribution in [-0.2, 0) is 9.59 Å². The van der Waals surface area contributed by atoms with Crippen LogP contribution in [-0.4, -0.2) is 52.0 Å². The number of aliphatic imine (C=N–C) groups is 2. The Morgan fingerprint density at radius 1 is 1.13 bits per heavy atom. The van der Waals surface area contributed by atoms with Gasteiger partial charge in [0.25, 0.3) is 0 Å². The van der Waals surface area contributed by atoms with Crippen LogP contribution < -0.4 is 0 Å². The first-order chi connectivity index (χ1) is 6.86. The Labute approximate surface area is 106 Å². The van der Waals surface area contributed by atoms with E-state index in [1.807, 2.05) is 13.0 Å². The number of nitrogens with zero attached hydrogens (tertiary/aromatic N) is 2. The van der Waals surface area contributed by atoms with Crippen molar-refractivity contribution >= 4 is 55.1 Å². The van der Waals surface area contributed by atoms with E-state index in [0.29, 0.717) is 15.0 Å². The first-order valence-electron chi connectivity index (χ1n) is 3.41. The Hall–Kier alpha value is 0.0790. The van der Waals surface area contributed by atoms with Gasteiger partial charge in [-0.25, -0.2) is 0 Å². The summed E-state index contributed by atoms with van der Waals surface area (Å²) in [7, 11) is 0. The summed E-state index contributed by atoms with van der Waals surface area (Å²) in [6, 6.07) is 0. The van der Waals surface area contributed by atoms with E-state index >= 15 is 0 Å². The second-order valence-electron chi connectivity index (χ2n) is 2.02. The molecule has 1 rings (SSSR count). The normalized spacial score (nSPS) is 23.1. The number of hydrogen-bond acceptors (Lipinski definition) is 5. The van der Waals surface area contributed by atoms with Gasteiger partial charge in [-0.05, 0) is 0 Å². The molecule has 1 fully saturated rings. The summed E-state index contributed by atoms with van der Waals surface area (Å²) < 4.78 is 9.19. The van der Waals surface area contributed by atoms with Crippen molar-refractivity contribution < 1.29 is 13.5 Å². The van der Waals surface area contributed by atoms with Crippen molar-refractivity contribution in [3.63, 3.8) is 0 Å². The minimum absolute atomic E-state index is 0. The van der Waals surface area contributed by atoms with E-state index in [2.05, 4.69) is 9.98 Å². The molecule has 0 N–H and O–H groups in total. The van der Waals surface area contributed by atoms with Gasteiger partial charge in [-0.3, -0.25) is 0 Å². The van der Waals surface area contributed by atoms with Crippen LogP contribution >= 0.6 is 13.0 Å². The molecule has 0 aromatic carbocycles. The third kappa shape index (κ3) is 7.95. The molecule has 2 unspecified atom stereocenters. The Morgan fingerprint density at radius 2 is 1.53 bits per heavy atom. The monoisotopic (exact) mass is 366 g/mol. The number of carbonyl (C=O) groups excluding carboxylic acids is 2. The summed E-state index contributed by atoms with van der Waals surface area (Å²) in [4.78, 5) is 27.4. The fraction of sp³-hybridized carbons (Fsp3) is 0.714. The van der Waals surface area contributed by atoms with Gasteiger partial charge in [-0.15, -0.1) is 0 Å². The summed E-state index contributed by atoms with van der Waals surface area (Å²) in [6.45, 7) is 0. The molecule has 0 radical (unpaired) electrons. The molecule has 1 saturated heterocycles. The van der Waals surface area contributed by atoms with Gasteiger partial charge in [-0.1, -0.05) is 7.43 Å². The van der Waals surface area contributed by atoms with E-state index in [1.165, 1.54) is 0 Å². The van der Waals surface area contributed by atoms with Gasteiger partial charge in [0.2, 0.25) is 0 Å². The topological polar surface area (TPSA) is 58.9 Å². The maximum absolute atomic E-state index is 9.95. The number of rotatable bonds is 2. The van der Waals surface area contributed by atoms with E-state index in [9.17, 15) is 13.5 Å². The first-order valence-corrected chi connectivity index (χ1v) is 8.14. The molecular weight excluding hydrogens is 353 g/mol. The predicted molar refractivity (Wildman–Crippen MR) is 61.8 cm³/mol. The van der Waals surface area contributed by atoms with E-state index in [4.69, 9.17) is 0 Å². The predicted octanol–water partition coefficient (Wildman–Crippen LogP) is 1.01. The summed E-state index contributed by atoms with van der Waals surface area (Å²) >= 11 is 2.64. The molecule has 0 amide bonds. The molecule has 0 aromatic rings. The van der Waals surface area contributed by atoms with Crippen molar-refractivity contribution in [1.82, 2.24) is 0 Å². The summed E-state index contributed by atoms with van der Waals surface area (Å²) in [5, 5.41) is 1.99. The van der Waals surface area contributed by atoms with Crippen LogP contribution in [0.1, 0.15) is 7.43 Å². The van der Waals surface area contributed by atoms with Crippen molar-refractivity contribution in [1.29, 1.82) is 0 Å². The fourth-order valence-corrected chi connectivity index (χ4v) is 7.56. The molecule has 15 heavy (non-hydrogen) atoms. The number of hydrogen-bond donors (Lipinski definition) is 1. The minimum atomic E-state index is 0. The number of isocyanates is 2. The summed E-state index contributed by atoms with van der Waals surface area (Å²) in [6.07, 6.45) is 3.12. The molecule has 1 heterocycles. The van der Waals surface area contributed by atoms with Gasteiger partial charge in [0, 0.05) is 13.0 Å². The summed E-state index contributed by atoms with van der Waals surface area (Å²) in [5.74, 6) is 0. The summed E-state index contributed by atoms with van der Waals surface area (Å²) in [5.41, 5.74) is 0. The molecule has 86 valence electrons. The molecule has 8 heteroatoms. The molecule has 4 nitrogen and oxygen atoms in total. The average Bonchev–Trinajstić information content (AvgIpc) is 2.22. The van der Waals surface area contributed by atoms with Crippen LogP contribution in [0.5, 0.6) is 0 Å². The van der Waals surface area contributed by atoms with Crippen molar-refractivity contribution in [3.8, 4) is 0 Å². The van der Waals surface area contributed by atoms with Crippen molar-refractivity contribution in [2.45, 2.75) is 27.9 Å². The van der Waals surface area contributed by atoms with Crippen LogP contribution in [0.4, 0.5) is 3.89 Å². The first kappa shape index (κ1) is 17.5. The van der Waals surface area contributed by atoms with E-state index in [1.54, 1.807) is 12.2 Å². The van der Waals surface area contributed by atoms with Crippen LogP contribution in [0.2, 0.25) is 10.6 Å². The Balaban J connectivity index is 0. The Morgan fingerprint density at radius 3 is 1.87 bits per heavy atom. The van der Waals surface area contributed by atoms with Crippen LogP contribution in [0.3, 0.4) is 0 Å². The van der Waals surface area contributed by atoms with Crippen molar-refractivity contribution in [2.24, 2.45) is 9.98 Å². The SMILES string of the molecule is C.FS.O=C=NC1C[Se]CC(N=C=O)[Se]1. The molecular formula is C7H11FN2O2SSe2. The van der Waals surface area contributed by atoms with E-state index < -0.39 is 0 Å². The molecule has 0 bridgehead atoms. The zero-order chi connectivity index (χ0) is 10.8. The van der Waals surface area contributed by atoms with Gasteiger partial charge < -0.3 is 0 Å². The molecule has 2 atom stereocenters. The Bertz CT molecular complexity index is 233. The third-order valence-electron chi connectivity index (χ3n) is 1.23. The van der Waals surface area contributed by atoms with E-state index in [-0.39, 0.29) is 32.3 Å². The van der Waals surface area contributed by atoms with Crippen LogP contribution in [0.25, 0.3) is 0 Å². The quantitative estimate of drug-likeness (QED) is 0.344. The average molecular weight is 364 g/mol. The maximum atomic E-state index is 9.95. The van der Waals surface area contributed by atoms with Gasteiger partial charge in [0.1, 0.15) is 0 Å². The zero-order valence-electron chi connectivity index (χ0n) is 6.92. The molecule has 1 aliphatic heterocycles. The van der Waals surface area contributed by atoms with Crippen molar-refractivity contribution in [3.05, 3.63) is 0 Å². The van der Waals surface area contributed by atoms with Crippen LogP contribution in [0.15, 0.2) is 9.98 Å². The van der Waals surface area contributed by atoms with Gasteiger partial charge in [0.05, 0.1) is 0 Å². The number of halogens is 1. The fourth-order valence-electron chi connectivity index (χ4n) is 0.783. The van der Waals surface area contributed by atoms with Gasteiger partial charge in [-0.2, -0.15) is 3.89 Å². The molecule has 0 spiro atoms. The van der Waals surface area contributed by atoms with Gasteiger partial charge in [0.15, 0.2) is 0 Å². The zero-order valence-corrected chi connectivity index (χ0v) is 11.2.